The van der Waals surface area contributed by atoms with Crippen molar-refractivity contribution in [1.82, 2.24) is 10.6 Å². The molecule has 0 saturated heterocycles. The van der Waals surface area contributed by atoms with Gasteiger partial charge in [0.05, 0.1) is 6.04 Å². The van der Waals surface area contributed by atoms with Crippen LogP contribution in [-0.2, 0) is 4.79 Å². The standard InChI is InChI=1S/C14H22N2O3S/c1-3-6-10(12-8-5-9-20-12)15-14(19)16-11(7-4-2)13(17)18/h5,8-11H,3-4,6-7H2,1-2H3,(H,17,18)(H2,15,16,19)/t10?,11-/m0/s1. The zero-order valence-electron chi connectivity index (χ0n) is 11.9. The van der Waals surface area contributed by atoms with Crippen molar-refractivity contribution in [3.63, 3.8) is 0 Å². The van der Waals surface area contributed by atoms with Crippen LogP contribution < -0.4 is 10.6 Å². The third-order valence-electron chi connectivity index (χ3n) is 2.95. The molecule has 0 aliphatic heterocycles. The number of hydrogen-bond acceptors (Lipinski definition) is 3. The van der Waals surface area contributed by atoms with E-state index >= 15 is 0 Å². The van der Waals surface area contributed by atoms with Crippen molar-refractivity contribution in [2.45, 2.75) is 51.6 Å². The first-order valence-electron chi connectivity index (χ1n) is 6.91. The van der Waals surface area contributed by atoms with Gasteiger partial charge >= 0.3 is 12.0 Å². The Kier molecular flexibility index (Phi) is 7.08. The van der Waals surface area contributed by atoms with Gasteiger partial charge in [-0.1, -0.05) is 32.8 Å². The lowest BCUT2D eigenvalue weighted by molar-refractivity contribution is -0.139. The van der Waals surface area contributed by atoms with Crippen LogP contribution in [0.1, 0.15) is 50.4 Å². The summed E-state index contributed by atoms with van der Waals surface area (Å²) in [7, 11) is 0. The summed E-state index contributed by atoms with van der Waals surface area (Å²) in [6, 6.07) is 2.62. The number of urea groups is 1. The Morgan fingerprint density at radius 3 is 2.45 bits per heavy atom. The molecule has 0 saturated carbocycles. The number of carboxylic acids is 1. The highest BCUT2D eigenvalue weighted by Gasteiger charge is 2.21. The topological polar surface area (TPSA) is 78.4 Å². The van der Waals surface area contributed by atoms with Crippen LogP contribution in [0.15, 0.2) is 17.5 Å². The minimum Gasteiger partial charge on any atom is -0.480 e. The van der Waals surface area contributed by atoms with Crippen molar-refractivity contribution < 1.29 is 14.7 Å². The fourth-order valence-electron chi connectivity index (χ4n) is 1.97. The number of hydrogen-bond donors (Lipinski definition) is 3. The summed E-state index contributed by atoms with van der Waals surface area (Å²) in [6.45, 7) is 3.94. The van der Waals surface area contributed by atoms with Crippen LogP contribution in [0.2, 0.25) is 0 Å². The van der Waals surface area contributed by atoms with Crippen molar-refractivity contribution in [1.29, 1.82) is 0 Å². The molecule has 0 bridgehead atoms. The second-order valence-corrected chi connectivity index (χ2v) is 5.63. The maximum Gasteiger partial charge on any atom is 0.326 e. The zero-order chi connectivity index (χ0) is 15.0. The monoisotopic (exact) mass is 298 g/mol. The Morgan fingerprint density at radius 1 is 1.25 bits per heavy atom. The molecule has 2 amide bonds. The van der Waals surface area contributed by atoms with E-state index in [1.807, 2.05) is 24.4 Å². The molecule has 20 heavy (non-hydrogen) atoms. The Bertz CT molecular complexity index is 420. The highest BCUT2D eigenvalue weighted by atomic mass is 32.1. The predicted octanol–water partition coefficient (Wildman–Crippen LogP) is 3.14. The fourth-order valence-corrected chi connectivity index (χ4v) is 2.78. The molecule has 5 nitrogen and oxygen atoms in total. The lowest BCUT2D eigenvalue weighted by Crippen LogP contribution is -2.46. The van der Waals surface area contributed by atoms with Crippen LogP contribution in [0.4, 0.5) is 4.79 Å². The first-order chi connectivity index (χ1) is 9.58. The minimum absolute atomic E-state index is 0.0592. The van der Waals surface area contributed by atoms with Crippen molar-refractivity contribution >= 4 is 23.3 Å². The maximum atomic E-state index is 11.9. The Hall–Kier alpha value is -1.56. The van der Waals surface area contributed by atoms with Crippen LogP contribution in [0.3, 0.4) is 0 Å². The van der Waals surface area contributed by atoms with Gasteiger partial charge in [-0.05, 0) is 24.3 Å². The molecule has 0 fully saturated rings. The molecular weight excluding hydrogens is 276 g/mol. The predicted molar refractivity (Wildman–Crippen MR) is 80.0 cm³/mol. The van der Waals surface area contributed by atoms with Crippen molar-refractivity contribution in [2.24, 2.45) is 0 Å². The van der Waals surface area contributed by atoms with E-state index < -0.39 is 18.0 Å². The van der Waals surface area contributed by atoms with Crippen molar-refractivity contribution in [3.8, 4) is 0 Å². The van der Waals surface area contributed by atoms with E-state index in [-0.39, 0.29) is 6.04 Å². The van der Waals surface area contributed by atoms with Gasteiger partial charge in [-0.25, -0.2) is 9.59 Å². The van der Waals surface area contributed by atoms with E-state index in [0.29, 0.717) is 12.8 Å². The molecule has 1 aromatic heterocycles. The number of carbonyl (C=O) groups is 2. The maximum absolute atomic E-state index is 11.9. The number of rotatable bonds is 8. The van der Waals surface area contributed by atoms with Crippen molar-refractivity contribution in [2.75, 3.05) is 0 Å². The summed E-state index contributed by atoms with van der Waals surface area (Å²) >= 11 is 1.59. The summed E-state index contributed by atoms with van der Waals surface area (Å²) in [4.78, 5) is 24.0. The molecule has 3 N–H and O–H groups in total. The highest BCUT2D eigenvalue weighted by molar-refractivity contribution is 7.10. The van der Waals surface area contributed by atoms with Gasteiger partial charge in [0.1, 0.15) is 6.04 Å². The largest absolute Gasteiger partial charge is 0.480 e. The molecule has 1 rings (SSSR count). The van der Waals surface area contributed by atoms with Crippen molar-refractivity contribution in [3.05, 3.63) is 22.4 Å². The second kappa shape index (κ2) is 8.58. The Morgan fingerprint density at radius 2 is 1.95 bits per heavy atom. The van der Waals surface area contributed by atoms with Gasteiger partial charge in [-0.3, -0.25) is 0 Å². The molecule has 0 radical (unpaired) electrons. The molecule has 0 aromatic carbocycles. The van der Waals surface area contributed by atoms with E-state index in [0.717, 1.165) is 17.7 Å². The molecule has 0 aliphatic rings. The quantitative estimate of drug-likeness (QED) is 0.690. The van der Waals surface area contributed by atoms with Gasteiger partial charge < -0.3 is 15.7 Å². The van der Waals surface area contributed by atoms with Crippen LogP contribution in [0.25, 0.3) is 0 Å². The normalized spacial score (nSPS) is 13.5. The molecule has 112 valence electrons. The van der Waals surface area contributed by atoms with E-state index in [1.54, 1.807) is 11.3 Å². The molecule has 6 heteroatoms. The Labute approximate surface area is 123 Å². The zero-order valence-corrected chi connectivity index (χ0v) is 12.7. The average molecular weight is 298 g/mol. The second-order valence-electron chi connectivity index (χ2n) is 4.65. The number of aliphatic carboxylic acids is 1. The molecule has 0 aliphatic carbocycles. The molecule has 1 heterocycles. The number of thiophene rings is 1. The number of nitrogens with one attached hydrogen (secondary N) is 2. The number of carbonyl (C=O) groups excluding carboxylic acids is 1. The third kappa shape index (κ3) is 5.21. The average Bonchev–Trinajstić information content (AvgIpc) is 2.91. The van der Waals surface area contributed by atoms with Crippen LogP contribution in [0, 0.1) is 0 Å². The highest BCUT2D eigenvalue weighted by Crippen LogP contribution is 2.23. The smallest absolute Gasteiger partial charge is 0.326 e. The van der Waals surface area contributed by atoms with Crippen LogP contribution in [0.5, 0.6) is 0 Å². The fraction of sp³-hybridized carbons (Fsp3) is 0.571. The first kappa shape index (κ1) is 16.5. The number of amides is 2. The molecule has 0 spiro atoms. The molecule has 1 aromatic rings. The third-order valence-corrected chi connectivity index (χ3v) is 3.94. The number of carboxylic acid groups (broad SMARTS) is 1. The summed E-state index contributed by atoms with van der Waals surface area (Å²) in [5, 5.41) is 16.4. The lowest BCUT2D eigenvalue weighted by Gasteiger charge is -2.19. The van der Waals surface area contributed by atoms with Gasteiger partial charge in [0.15, 0.2) is 0 Å². The van der Waals surface area contributed by atoms with Gasteiger partial charge in [-0.2, -0.15) is 0 Å². The lowest BCUT2D eigenvalue weighted by atomic mass is 10.1. The van der Waals surface area contributed by atoms with E-state index in [1.165, 1.54) is 0 Å². The van der Waals surface area contributed by atoms with E-state index in [9.17, 15) is 9.59 Å². The first-order valence-corrected chi connectivity index (χ1v) is 7.79. The molecular formula is C14H22N2O3S. The van der Waals surface area contributed by atoms with E-state index in [2.05, 4.69) is 17.6 Å². The SMILES string of the molecule is CCCC(NC(=O)N[C@@H](CCC)C(=O)O)c1cccs1. The van der Waals surface area contributed by atoms with E-state index in [4.69, 9.17) is 5.11 Å². The van der Waals surface area contributed by atoms with Crippen LogP contribution >= 0.6 is 11.3 Å². The summed E-state index contributed by atoms with van der Waals surface area (Å²) in [5.74, 6) is -0.995. The molecule has 2 atom stereocenters. The Balaban J connectivity index is 2.59. The van der Waals surface area contributed by atoms with Gasteiger partial charge in [0.25, 0.3) is 0 Å². The van der Waals surface area contributed by atoms with Gasteiger partial charge in [-0.15, -0.1) is 11.3 Å². The summed E-state index contributed by atoms with van der Waals surface area (Å²) < 4.78 is 0. The summed E-state index contributed by atoms with van der Waals surface area (Å²) in [6.07, 6.45) is 2.92. The minimum atomic E-state index is -0.995. The molecule has 1 unspecified atom stereocenters. The van der Waals surface area contributed by atoms with Crippen LogP contribution in [-0.4, -0.2) is 23.1 Å². The summed E-state index contributed by atoms with van der Waals surface area (Å²) in [5.41, 5.74) is 0. The van der Waals surface area contributed by atoms with Gasteiger partial charge in [0, 0.05) is 4.88 Å². The van der Waals surface area contributed by atoms with Gasteiger partial charge in [0.2, 0.25) is 0 Å².